The van der Waals surface area contributed by atoms with Crippen LogP contribution in [0.2, 0.25) is 0 Å². The van der Waals surface area contributed by atoms with Crippen LogP contribution in [0.15, 0.2) is 23.7 Å². The van der Waals surface area contributed by atoms with Crippen molar-refractivity contribution in [2.45, 2.75) is 45.3 Å². The zero-order chi connectivity index (χ0) is 19.0. The van der Waals surface area contributed by atoms with Crippen molar-refractivity contribution in [3.05, 3.63) is 29.2 Å². The summed E-state index contributed by atoms with van der Waals surface area (Å²) in [4.78, 5) is 0. The number of ether oxygens (including phenoxy) is 1. The van der Waals surface area contributed by atoms with E-state index < -0.39 is 37.0 Å². The molecule has 1 fully saturated rings. The number of alkyl halides is 3. The van der Waals surface area contributed by atoms with Gasteiger partial charge in [0.1, 0.15) is 5.75 Å². The van der Waals surface area contributed by atoms with Gasteiger partial charge in [-0.1, -0.05) is 6.08 Å². The van der Waals surface area contributed by atoms with Gasteiger partial charge in [-0.05, 0) is 51.4 Å². The van der Waals surface area contributed by atoms with Crippen molar-refractivity contribution in [1.82, 2.24) is 0 Å². The van der Waals surface area contributed by atoms with Crippen LogP contribution < -0.4 is 10.5 Å². The Morgan fingerprint density at radius 2 is 1.80 bits per heavy atom. The molecule has 0 aromatic heterocycles. The highest BCUT2D eigenvalue weighted by atomic mass is 19.4. The number of rotatable bonds is 4. The molecule has 0 spiro atoms. The van der Waals surface area contributed by atoms with Crippen LogP contribution in [0.4, 0.5) is 18.9 Å². The molecule has 2 rings (SSSR count). The van der Waals surface area contributed by atoms with E-state index in [4.69, 9.17) is 15.0 Å². The SMILES string of the molecule is CC1(C)OB(C(=Cc2cc(N)ccc2OC(F)(F)F)CO)OC1(C)C. The molecule has 3 N–H and O–H groups in total. The maximum absolute atomic E-state index is 12.6. The number of aliphatic hydroxyl groups excluding tert-OH is 1. The Bertz CT molecular complexity index is 658. The van der Waals surface area contributed by atoms with Gasteiger partial charge in [0.15, 0.2) is 0 Å². The molecule has 1 saturated heterocycles. The van der Waals surface area contributed by atoms with Crippen LogP contribution in [0.1, 0.15) is 33.3 Å². The minimum Gasteiger partial charge on any atom is -0.405 e. The number of hydrogen-bond donors (Lipinski definition) is 2. The number of halogens is 3. The van der Waals surface area contributed by atoms with Gasteiger partial charge in [-0.3, -0.25) is 0 Å². The zero-order valence-corrected chi connectivity index (χ0v) is 14.5. The highest BCUT2D eigenvalue weighted by Crippen LogP contribution is 2.39. The summed E-state index contributed by atoms with van der Waals surface area (Å²) in [5.41, 5.74) is 4.95. The molecular formula is C16H21BF3NO4. The summed E-state index contributed by atoms with van der Waals surface area (Å²) in [5, 5.41) is 9.66. The highest BCUT2D eigenvalue weighted by Gasteiger charge is 2.52. The van der Waals surface area contributed by atoms with E-state index in [1.165, 1.54) is 18.2 Å². The van der Waals surface area contributed by atoms with Crippen molar-refractivity contribution in [3.8, 4) is 5.75 Å². The minimum atomic E-state index is -4.84. The molecule has 0 bridgehead atoms. The molecule has 1 aliphatic heterocycles. The largest absolute Gasteiger partial charge is 0.573 e. The van der Waals surface area contributed by atoms with Gasteiger partial charge in [-0.2, -0.15) is 0 Å². The maximum Gasteiger partial charge on any atom is 0.573 e. The van der Waals surface area contributed by atoms with Crippen molar-refractivity contribution in [1.29, 1.82) is 0 Å². The normalized spacial score (nSPS) is 20.0. The zero-order valence-electron chi connectivity index (χ0n) is 14.5. The predicted molar refractivity (Wildman–Crippen MR) is 88.7 cm³/mol. The highest BCUT2D eigenvalue weighted by molar-refractivity contribution is 6.55. The summed E-state index contributed by atoms with van der Waals surface area (Å²) in [6, 6.07) is 3.74. The van der Waals surface area contributed by atoms with E-state index in [1.54, 1.807) is 0 Å². The Balaban J connectivity index is 2.39. The standard InChI is InChI=1S/C16H21BF3NO4/c1-14(2)15(3,4)25-17(24-14)11(9-22)7-10-8-12(21)5-6-13(10)23-16(18,19)20/h5-8,22H,9,21H2,1-4H3. The van der Waals surface area contributed by atoms with Gasteiger partial charge < -0.3 is 24.9 Å². The van der Waals surface area contributed by atoms with Crippen LogP contribution in [0.3, 0.4) is 0 Å². The van der Waals surface area contributed by atoms with Gasteiger partial charge in [0.25, 0.3) is 0 Å². The van der Waals surface area contributed by atoms with Crippen LogP contribution in [0.5, 0.6) is 5.75 Å². The Hall–Kier alpha value is -1.71. The first-order valence-corrected chi connectivity index (χ1v) is 7.67. The number of nitrogens with two attached hydrogens (primary N) is 1. The average Bonchev–Trinajstić information content (AvgIpc) is 2.66. The van der Waals surface area contributed by atoms with E-state index in [-0.39, 0.29) is 16.7 Å². The molecule has 0 unspecified atom stereocenters. The molecular weight excluding hydrogens is 338 g/mol. The lowest BCUT2D eigenvalue weighted by Crippen LogP contribution is -2.41. The molecule has 0 aliphatic carbocycles. The van der Waals surface area contributed by atoms with Gasteiger partial charge in [0, 0.05) is 11.3 Å². The first-order valence-electron chi connectivity index (χ1n) is 7.67. The Labute approximate surface area is 144 Å². The van der Waals surface area contributed by atoms with Gasteiger partial charge in [-0.15, -0.1) is 13.2 Å². The molecule has 138 valence electrons. The van der Waals surface area contributed by atoms with Crippen LogP contribution in [-0.2, 0) is 9.31 Å². The third-order valence-electron chi connectivity index (χ3n) is 4.34. The van der Waals surface area contributed by atoms with Gasteiger partial charge in [0.2, 0.25) is 0 Å². The Kier molecular flexibility index (Phi) is 5.14. The summed E-state index contributed by atoms with van der Waals surface area (Å²) < 4.78 is 53.4. The quantitative estimate of drug-likeness (QED) is 0.638. The Morgan fingerprint density at radius 3 is 2.28 bits per heavy atom. The van der Waals surface area contributed by atoms with Crippen molar-refractivity contribution in [2.75, 3.05) is 12.3 Å². The maximum atomic E-state index is 12.6. The van der Waals surface area contributed by atoms with E-state index in [9.17, 15) is 18.3 Å². The number of nitrogen functional groups attached to an aromatic ring is 1. The molecule has 0 saturated carbocycles. The molecule has 25 heavy (non-hydrogen) atoms. The van der Waals surface area contributed by atoms with E-state index in [1.807, 2.05) is 27.7 Å². The van der Waals surface area contributed by atoms with E-state index in [2.05, 4.69) is 4.74 Å². The van der Waals surface area contributed by atoms with Crippen molar-refractivity contribution in [2.24, 2.45) is 0 Å². The molecule has 1 aliphatic rings. The number of aliphatic hydroxyl groups is 1. The third-order valence-corrected chi connectivity index (χ3v) is 4.34. The van der Waals surface area contributed by atoms with E-state index in [0.717, 1.165) is 6.07 Å². The lowest BCUT2D eigenvalue weighted by Gasteiger charge is -2.32. The summed E-state index contributed by atoms with van der Waals surface area (Å²) in [6.07, 6.45) is -3.51. The first-order chi connectivity index (χ1) is 11.3. The molecule has 9 heteroatoms. The van der Waals surface area contributed by atoms with Gasteiger partial charge in [-0.25, -0.2) is 0 Å². The van der Waals surface area contributed by atoms with Crippen LogP contribution in [0.25, 0.3) is 6.08 Å². The van der Waals surface area contributed by atoms with Crippen LogP contribution in [0, 0.1) is 0 Å². The lowest BCUT2D eigenvalue weighted by atomic mass is 9.77. The summed E-state index contributed by atoms with van der Waals surface area (Å²) in [6.45, 7) is 6.87. The average molecular weight is 359 g/mol. The molecule has 0 radical (unpaired) electrons. The number of benzene rings is 1. The topological polar surface area (TPSA) is 73.9 Å². The minimum absolute atomic E-state index is 0.0658. The monoisotopic (exact) mass is 359 g/mol. The number of hydrogen-bond acceptors (Lipinski definition) is 5. The molecule has 1 heterocycles. The summed E-state index contributed by atoms with van der Waals surface area (Å²) in [7, 11) is -0.893. The second-order valence-corrected chi connectivity index (χ2v) is 6.81. The summed E-state index contributed by atoms with van der Waals surface area (Å²) in [5.74, 6) is -0.427. The van der Waals surface area contributed by atoms with Gasteiger partial charge in [0.05, 0.1) is 17.8 Å². The lowest BCUT2D eigenvalue weighted by molar-refractivity contribution is -0.274. The van der Waals surface area contributed by atoms with Crippen molar-refractivity contribution in [3.63, 3.8) is 0 Å². The predicted octanol–water partition coefficient (Wildman–Crippen LogP) is 3.17. The van der Waals surface area contributed by atoms with E-state index in [0.29, 0.717) is 0 Å². The van der Waals surface area contributed by atoms with Crippen molar-refractivity contribution >= 4 is 18.9 Å². The summed E-state index contributed by atoms with van der Waals surface area (Å²) >= 11 is 0. The molecule has 1 aromatic rings. The van der Waals surface area contributed by atoms with Crippen LogP contribution >= 0.6 is 0 Å². The fourth-order valence-corrected chi connectivity index (χ4v) is 2.28. The van der Waals surface area contributed by atoms with Crippen LogP contribution in [-0.4, -0.2) is 36.4 Å². The number of anilines is 1. The third kappa shape index (κ3) is 4.48. The Morgan fingerprint density at radius 1 is 1.24 bits per heavy atom. The fraction of sp³-hybridized carbons (Fsp3) is 0.500. The van der Waals surface area contributed by atoms with E-state index >= 15 is 0 Å². The fourth-order valence-electron chi connectivity index (χ4n) is 2.28. The molecule has 0 amide bonds. The molecule has 5 nitrogen and oxygen atoms in total. The van der Waals surface area contributed by atoms with Gasteiger partial charge >= 0.3 is 13.5 Å². The van der Waals surface area contributed by atoms with Crippen molar-refractivity contribution < 1.29 is 32.3 Å². The first kappa shape index (κ1) is 19.6. The molecule has 1 aromatic carbocycles. The second kappa shape index (κ2) is 6.55. The smallest absolute Gasteiger partial charge is 0.405 e. The molecule has 0 atom stereocenters. The second-order valence-electron chi connectivity index (χ2n) is 6.81.